The van der Waals surface area contributed by atoms with E-state index in [2.05, 4.69) is 4.90 Å². The Hall–Kier alpha value is -1.37. The molecule has 1 unspecified atom stereocenters. The first-order chi connectivity index (χ1) is 10.6. The highest BCUT2D eigenvalue weighted by Gasteiger charge is 2.20. The number of nitro benzene ring substituents is 1. The molecule has 0 bridgehead atoms. The molecule has 0 saturated heterocycles. The highest BCUT2D eigenvalue weighted by atomic mass is 35.5. The van der Waals surface area contributed by atoms with Crippen LogP contribution in [0.2, 0.25) is 0 Å². The summed E-state index contributed by atoms with van der Waals surface area (Å²) in [6.45, 7) is 0.770. The molecule has 6 nitrogen and oxygen atoms in total. The highest BCUT2D eigenvalue weighted by Crippen LogP contribution is 2.22. The summed E-state index contributed by atoms with van der Waals surface area (Å²) in [5, 5.41) is 20.6. The van der Waals surface area contributed by atoms with Gasteiger partial charge in [-0.3, -0.25) is 10.1 Å². The van der Waals surface area contributed by atoms with E-state index in [1.165, 1.54) is 44.2 Å². The monoisotopic (exact) mass is 344 g/mol. The third-order valence-corrected chi connectivity index (χ3v) is 4.19. The topological polar surface area (TPSA) is 75.8 Å². The van der Waals surface area contributed by atoms with Crippen LogP contribution >= 0.6 is 12.4 Å². The van der Waals surface area contributed by atoms with Gasteiger partial charge in [0.15, 0.2) is 0 Å². The number of rotatable bonds is 7. The van der Waals surface area contributed by atoms with Crippen molar-refractivity contribution in [3.63, 3.8) is 0 Å². The lowest BCUT2D eigenvalue weighted by Gasteiger charge is -2.32. The molecule has 130 valence electrons. The van der Waals surface area contributed by atoms with Gasteiger partial charge in [0.05, 0.1) is 4.92 Å². The molecule has 0 spiro atoms. The molecule has 0 aromatic heterocycles. The molecule has 1 saturated carbocycles. The van der Waals surface area contributed by atoms with Crippen molar-refractivity contribution in [2.24, 2.45) is 0 Å². The number of hydrogen-bond acceptors (Lipinski definition) is 5. The van der Waals surface area contributed by atoms with E-state index in [0.29, 0.717) is 18.3 Å². The molecule has 0 radical (unpaired) electrons. The Labute approximate surface area is 143 Å². The zero-order valence-corrected chi connectivity index (χ0v) is 14.2. The van der Waals surface area contributed by atoms with Gasteiger partial charge in [-0.05, 0) is 32.0 Å². The maximum atomic E-state index is 10.6. The van der Waals surface area contributed by atoms with E-state index >= 15 is 0 Å². The second-order valence-electron chi connectivity index (χ2n) is 5.95. The number of halogens is 1. The zero-order valence-electron chi connectivity index (χ0n) is 13.4. The standard InChI is InChI=1S/C16H24N2O4.ClH/c1-17(13-5-3-2-4-6-13)11-15(19)12-22-16-9-7-14(8-10-16)18(20)21;/h7-10,13,15,19H,2-6,11-12H2,1H3;1H. The van der Waals surface area contributed by atoms with Crippen LogP contribution in [-0.4, -0.2) is 47.3 Å². The fourth-order valence-electron chi connectivity index (χ4n) is 2.91. The first-order valence-corrected chi connectivity index (χ1v) is 7.82. The quantitative estimate of drug-likeness (QED) is 0.607. The Balaban J connectivity index is 0.00000264. The second-order valence-corrected chi connectivity index (χ2v) is 5.95. The van der Waals surface area contributed by atoms with Crippen LogP contribution in [0.1, 0.15) is 32.1 Å². The Kier molecular flexibility index (Phi) is 8.30. The van der Waals surface area contributed by atoms with E-state index in [1.807, 2.05) is 7.05 Å². The smallest absolute Gasteiger partial charge is 0.269 e. The van der Waals surface area contributed by atoms with Gasteiger partial charge in [0.25, 0.3) is 5.69 Å². The molecule has 23 heavy (non-hydrogen) atoms. The molecule has 1 aliphatic carbocycles. The number of hydrogen-bond donors (Lipinski definition) is 1. The minimum atomic E-state index is -0.567. The van der Waals surface area contributed by atoms with Crippen molar-refractivity contribution < 1.29 is 14.8 Å². The Morgan fingerprint density at radius 1 is 1.30 bits per heavy atom. The number of nitrogens with zero attached hydrogens (tertiary/aromatic N) is 2. The maximum Gasteiger partial charge on any atom is 0.269 e. The summed E-state index contributed by atoms with van der Waals surface area (Å²) in [6, 6.07) is 6.46. The number of nitro groups is 1. The van der Waals surface area contributed by atoms with Crippen molar-refractivity contribution in [3.8, 4) is 5.75 Å². The van der Waals surface area contributed by atoms with Crippen LogP contribution in [-0.2, 0) is 0 Å². The lowest BCUT2D eigenvalue weighted by molar-refractivity contribution is -0.384. The molecule has 1 aromatic rings. The SMILES string of the molecule is CN(CC(O)COc1ccc([N+](=O)[O-])cc1)C1CCCCC1.Cl. The summed E-state index contributed by atoms with van der Waals surface area (Å²) in [5.74, 6) is 0.532. The molecule has 1 fully saturated rings. The van der Waals surface area contributed by atoms with Gasteiger partial charge in [0.1, 0.15) is 18.5 Å². The van der Waals surface area contributed by atoms with Gasteiger partial charge >= 0.3 is 0 Å². The molecule has 2 rings (SSSR count). The predicted octanol–water partition coefficient (Wildman–Crippen LogP) is 3.02. The van der Waals surface area contributed by atoms with Gasteiger partial charge in [-0.25, -0.2) is 0 Å². The van der Waals surface area contributed by atoms with E-state index in [1.54, 1.807) is 12.1 Å². The number of likely N-dealkylation sites (N-methyl/N-ethyl adjacent to an activating group) is 1. The summed E-state index contributed by atoms with van der Waals surface area (Å²) in [5.41, 5.74) is 0.0323. The van der Waals surface area contributed by atoms with Crippen molar-refractivity contribution >= 4 is 18.1 Å². The highest BCUT2D eigenvalue weighted by molar-refractivity contribution is 5.85. The average molecular weight is 345 g/mol. The van der Waals surface area contributed by atoms with Crippen molar-refractivity contribution in [2.75, 3.05) is 20.2 Å². The minimum absolute atomic E-state index is 0. The van der Waals surface area contributed by atoms with E-state index in [-0.39, 0.29) is 24.7 Å². The fraction of sp³-hybridized carbons (Fsp3) is 0.625. The number of non-ortho nitro benzene ring substituents is 1. The van der Waals surface area contributed by atoms with Gasteiger partial charge < -0.3 is 14.7 Å². The predicted molar refractivity (Wildman–Crippen MR) is 91.3 cm³/mol. The van der Waals surface area contributed by atoms with Gasteiger partial charge in [-0.1, -0.05) is 19.3 Å². The zero-order chi connectivity index (χ0) is 15.9. The van der Waals surface area contributed by atoms with Crippen LogP contribution in [0.5, 0.6) is 5.75 Å². The van der Waals surface area contributed by atoms with Gasteiger partial charge in [-0.2, -0.15) is 0 Å². The van der Waals surface area contributed by atoms with Crippen LogP contribution in [0.25, 0.3) is 0 Å². The number of aliphatic hydroxyl groups excluding tert-OH is 1. The Morgan fingerprint density at radius 3 is 2.48 bits per heavy atom. The average Bonchev–Trinajstić information content (AvgIpc) is 2.54. The summed E-state index contributed by atoms with van der Waals surface area (Å²) in [4.78, 5) is 12.3. The first-order valence-electron chi connectivity index (χ1n) is 7.82. The maximum absolute atomic E-state index is 10.6. The molecule has 1 atom stereocenters. The number of benzene rings is 1. The van der Waals surface area contributed by atoms with Crippen LogP contribution in [0.3, 0.4) is 0 Å². The fourth-order valence-corrected chi connectivity index (χ4v) is 2.91. The largest absolute Gasteiger partial charge is 0.491 e. The molecule has 1 aliphatic rings. The molecular formula is C16H25ClN2O4. The molecule has 1 N–H and O–H groups in total. The molecule has 0 amide bonds. The number of aliphatic hydroxyl groups is 1. The van der Waals surface area contributed by atoms with E-state index in [9.17, 15) is 15.2 Å². The molecule has 0 aliphatic heterocycles. The molecule has 7 heteroatoms. The van der Waals surface area contributed by atoms with E-state index < -0.39 is 11.0 Å². The minimum Gasteiger partial charge on any atom is -0.491 e. The number of ether oxygens (including phenoxy) is 1. The van der Waals surface area contributed by atoms with Crippen molar-refractivity contribution in [1.29, 1.82) is 0 Å². The lowest BCUT2D eigenvalue weighted by atomic mass is 9.94. The molecule has 1 aromatic carbocycles. The van der Waals surface area contributed by atoms with Crippen LogP contribution in [0.4, 0.5) is 5.69 Å². The van der Waals surface area contributed by atoms with Crippen LogP contribution in [0, 0.1) is 10.1 Å². The summed E-state index contributed by atoms with van der Waals surface area (Å²) in [6.07, 6.45) is 5.69. The van der Waals surface area contributed by atoms with Crippen LogP contribution in [0.15, 0.2) is 24.3 Å². The summed E-state index contributed by atoms with van der Waals surface area (Å²) < 4.78 is 5.49. The lowest BCUT2D eigenvalue weighted by Crippen LogP contribution is -2.40. The van der Waals surface area contributed by atoms with E-state index in [0.717, 1.165) is 0 Å². The van der Waals surface area contributed by atoms with Gasteiger partial charge in [0, 0.05) is 24.7 Å². The third-order valence-electron chi connectivity index (χ3n) is 4.19. The normalized spacial score (nSPS) is 16.7. The Bertz CT molecular complexity index is 477. The van der Waals surface area contributed by atoms with Gasteiger partial charge in [-0.15, -0.1) is 12.4 Å². The van der Waals surface area contributed by atoms with E-state index in [4.69, 9.17) is 4.74 Å². The van der Waals surface area contributed by atoms with Crippen molar-refractivity contribution in [3.05, 3.63) is 34.4 Å². The van der Waals surface area contributed by atoms with Crippen LogP contribution < -0.4 is 4.74 Å². The third kappa shape index (κ3) is 6.33. The first kappa shape index (κ1) is 19.7. The van der Waals surface area contributed by atoms with Crippen molar-refractivity contribution in [1.82, 2.24) is 4.90 Å². The van der Waals surface area contributed by atoms with Crippen molar-refractivity contribution in [2.45, 2.75) is 44.2 Å². The molecular weight excluding hydrogens is 320 g/mol. The summed E-state index contributed by atoms with van der Waals surface area (Å²) >= 11 is 0. The second kappa shape index (κ2) is 9.70. The summed E-state index contributed by atoms with van der Waals surface area (Å²) in [7, 11) is 2.05. The Morgan fingerprint density at radius 2 is 1.91 bits per heavy atom. The van der Waals surface area contributed by atoms with Gasteiger partial charge in [0.2, 0.25) is 0 Å². The molecule has 0 heterocycles.